The van der Waals surface area contributed by atoms with Crippen LogP contribution in [0.2, 0.25) is 0 Å². The molecule has 0 saturated heterocycles. The van der Waals surface area contributed by atoms with Gasteiger partial charge in [0, 0.05) is 13.5 Å². The van der Waals surface area contributed by atoms with E-state index >= 15 is 0 Å². The molecule has 0 amide bonds. The summed E-state index contributed by atoms with van der Waals surface area (Å²) in [5.41, 5.74) is 0. The van der Waals surface area contributed by atoms with Crippen molar-refractivity contribution in [2.24, 2.45) is 5.92 Å². The van der Waals surface area contributed by atoms with Crippen LogP contribution in [-0.2, 0) is 9.53 Å². The van der Waals surface area contributed by atoms with E-state index in [1.807, 2.05) is 6.92 Å². The molecule has 0 aliphatic rings. The Balaban J connectivity index is 3.22. The Morgan fingerprint density at radius 3 is 2.73 bits per heavy atom. The van der Waals surface area contributed by atoms with E-state index < -0.39 is 0 Å². The van der Waals surface area contributed by atoms with E-state index in [1.165, 1.54) is 6.92 Å². The first kappa shape index (κ1) is 10.4. The Hall–Kier alpha value is -0.570. The number of carbonyl (C=O) groups excluding carboxylic acids is 1. The van der Waals surface area contributed by atoms with Gasteiger partial charge in [-0.15, -0.1) is 0 Å². The van der Waals surface area contributed by atoms with E-state index in [-0.39, 0.29) is 12.6 Å². The number of aliphatic hydroxyl groups excluding tert-OH is 1. The third-order valence-electron chi connectivity index (χ3n) is 1.43. The van der Waals surface area contributed by atoms with Crippen molar-refractivity contribution in [3.05, 3.63) is 0 Å². The molecule has 0 heterocycles. The van der Waals surface area contributed by atoms with Gasteiger partial charge in [0.05, 0.1) is 6.61 Å². The normalized spacial score (nSPS) is 12.6. The maximum atomic E-state index is 10.4. The van der Waals surface area contributed by atoms with Crippen molar-refractivity contribution in [1.82, 2.24) is 0 Å². The maximum Gasteiger partial charge on any atom is 0.302 e. The van der Waals surface area contributed by atoms with Crippen LogP contribution in [0.15, 0.2) is 0 Å². The van der Waals surface area contributed by atoms with Crippen LogP contribution in [0.25, 0.3) is 0 Å². The lowest BCUT2D eigenvalue weighted by Crippen LogP contribution is -2.09. The van der Waals surface area contributed by atoms with Crippen molar-refractivity contribution in [3.8, 4) is 0 Å². The average molecular weight is 160 g/mol. The van der Waals surface area contributed by atoms with Crippen LogP contribution in [0.4, 0.5) is 0 Å². The summed E-state index contributed by atoms with van der Waals surface area (Å²) < 4.78 is 4.78. The highest BCUT2D eigenvalue weighted by Gasteiger charge is 2.02. The van der Waals surface area contributed by atoms with Crippen molar-refractivity contribution in [1.29, 1.82) is 0 Å². The maximum absolute atomic E-state index is 10.4. The molecular formula is C8H16O3. The summed E-state index contributed by atoms with van der Waals surface area (Å²) >= 11 is 0. The molecule has 0 saturated carbocycles. The van der Waals surface area contributed by atoms with Crippen molar-refractivity contribution in [2.75, 3.05) is 13.2 Å². The van der Waals surface area contributed by atoms with E-state index in [9.17, 15) is 4.79 Å². The minimum atomic E-state index is -0.235. The van der Waals surface area contributed by atoms with Gasteiger partial charge in [-0.2, -0.15) is 0 Å². The van der Waals surface area contributed by atoms with Crippen LogP contribution in [0, 0.1) is 5.92 Å². The molecule has 0 aromatic carbocycles. The fourth-order valence-electron chi connectivity index (χ4n) is 0.783. The molecule has 0 fully saturated rings. The van der Waals surface area contributed by atoms with Crippen LogP contribution >= 0.6 is 0 Å². The first-order valence-electron chi connectivity index (χ1n) is 3.91. The predicted octanol–water partition coefficient (Wildman–Crippen LogP) is 0.958. The summed E-state index contributed by atoms with van der Waals surface area (Å²) in [5.74, 6) is 0.117. The van der Waals surface area contributed by atoms with Gasteiger partial charge in [-0.05, 0) is 18.8 Å². The minimum Gasteiger partial charge on any atom is -0.466 e. The number of carbonyl (C=O) groups is 1. The number of ether oxygens (including phenoxy) is 1. The molecule has 3 nitrogen and oxygen atoms in total. The van der Waals surface area contributed by atoms with Crippen molar-refractivity contribution in [2.45, 2.75) is 26.7 Å². The topological polar surface area (TPSA) is 46.5 Å². The first-order valence-corrected chi connectivity index (χ1v) is 3.91. The molecule has 1 atom stereocenters. The van der Waals surface area contributed by atoms with Crippen LogP contribution in [0.1, 0.15) is 26.7 Å². The van der Waals surface area contributed by atoms with Crippen molar-refractivity contribution in [3.63, 3.8) is 0 Å². The fraction of sp³-hybridized carbons (Fsp3) is 0.875. The SMILES string of the molecule is CC(=O)OCC(C)CCCO. The Bertz CT molecular complexity index is 112. The summed E-state index contributed by atoms with van der Waals surface area (Å²) in [7, 11) is 0. The summed E-state index contributed by atoms with van der Waals surface area (Å²) in [5, 5.41) is 8.48. The van der Waals surface area contributed by atoms with Gasteiger partial charge in [0.2, 0.25) is 0 Å². The first-order chi connectivity index (χ1) is 5.16. The number of aliphatic hydroxyl groups is 1. The second kappa shape index (κ2) is 6.16. The van der Waals surface area contributed by atoms with E-state index in [0.29, 0.717) is 12.5 Å². The van der Waals surface area contributed by atoms with Crippen molar-refractivity contribution < 1.29 is 14.6 Å². The lowest BCUT2D eigenvalue weighted by Gasteiger charge is -2.09. The van der Waals surface area contributed by atoms with Crippen LogP contribution in [0.3, 0.4) is 0 Å². The lowest BCUT2D eigenvalue weighted by atomic mass is 10.1. The molecule has 0 spiro atoms. The van der Waals surface area contributed by atoms with E-state index in [2.05, 4.69) is 0 Å². The quantitative estimate of drug-likeness (QED) is 0.609. The minimum absolute atomic E-state index is 0.213. The van der Waals surface area contributed by atoms with E-state index in [4.69, 9.17) is 9.84 Å². The smallest absolute Gasteiger partial charge is 0.302 e. The second-order valence-corrected chi connectivity index (χ2v) is 2.77. The summed E-state index contributed by atoms with van der Waals surface area (Å²) in [6.07, 6.45) is 1.69. The van der Waals surface area contributed by atoms with Crippen LogP contribution in [-0.4, -0.2) is 24.3 Å². The fourth-order valence-corrected chi connectivity index (χ4v) is 0.783. The summed E-state index contributed by atoms with van der Waals surface area (Å²) in [6, 6.07) is 0. The lowest BCUT2D eigenvalue weighted by molar-refractivity contribution is -0.142. The Labute approximate surface area is 67.4 Å². The average Bonchev–Trinajstić information content (AvgIpc) is 1.97. The highest BCUT2D eigenvalue weighted by atomic mass is 16.5. The zero-order chi connectivity index (χ0) is 8.69. The highest BCUT2D eigenvalue weighted by Crippen LogP contribution is 2.04. The second-order valence-electron chi connectivity index (χ2n) is 2.77. The monoisotopic (exact) mass is 160 g/mol. The molecule has 1 N–H and O–H groups in total. The Morgan fingerprint density at radius 1 is 1.64 bits per heavy atom. The number of rotatable bonds is 5. The Kier molecular flexibility index (Phi) is 5.84. The van der Waals surface area contributed by atoms with Crippen LogP contribution < -0.4 is 0 Å². The molecule has 0 aromatic rings. The molecule has 0 aromatic heterocycles. The molecule has 0 aliphatic carbocycles. The predicted molar refractivity (Wildman–Crippen MR) is 42.1 cm³/mol. The van der Waals surface area contributed by atoms with Gasteiger partial charge in [-0.25, -0.2) is 0 Å². The standard InChI is InChI=1S/C8H16O3/c1-7(4-3-5-9)6-11-8(2)10/h7,9H,3-6H2,1-2H3. The van der Waals surface area contributed by atoms with Crippen LogP contribution in [0.5, 0.6) is 0 Å². The van der Waals surface area contributed by atoms with Gasteiger partial charge in [0.1, 0.15) is 0 Å². The molecule has 1 unspecified atom stereocenters. The highest BCUT2D eigenvalue weighted by molar-refractivity contribution is 5.65. The molecule has 66 valence electrons. The van der Waals surface area contributed by atoms with Crippen molar-refractivity contribution >= 4 is 5.97 Å². The molecule has 0 radical (unpaired) electrons. The third kappa shape index (κ3) is 7.33. The van der Waals surface area contributed by atoms with E-state index in [1.54, 1.807) is 0 Å². The molecule has 0 rings (SSSR count). The van der Waals surface area contributed by atoms with Gasteiger partial charge in [0.25, 0.3) is 0 Å². The van der Waals surface area contributed by atoms with E-state index in [0.717, 1.165) is 12.8 Å². The zero-order valence-corrected chi connectivity index (χ0v) is 7.17. The Morgan fingerprint density at radius 2 is 2.27 bits per heavy atom. The van der Waals surface area contributed by atoms with Gasteiger partial charge in [0.15, 0.2) is 0 Å². The zero-order valence-electron chi connectivity index (χ0n) is 7.17. The number of hydrogen-bond donors (Lipinski definition) is 1. The van der Waals surface area contributed by atoms with Gasteiger partial charge < -0.3 is 9.84 Å². The molecule has 0 bridgehead atoms. The van der Waals surface area contributed by atoms with Gasteiger partial charge in [-0.3, -0.25) is 4.79 Å². The largest absolute Gasteiger partial charge is 0.466 e. The summed E-state index contributed by atoms with van der Waals surface area (Å²) in [4.78, 5) is 10.4. The molecular weight excluding hydrogens is 144 g/mol. The van der Waals surface area contributed by atoms with Gasteiger partial charge in [-0.1, -0.05) is 6.92 Å². The molecule has 0 aliphatic heterocycles. The number of hydrogen-bond acceptors (Lipinski definition) is 3. The molecule has 11 heavy (non-hydrogen) atoms. The third-order valence-corrected chi connectivity index (χ3v) is 1.43. The van der Waals surface area contributed by atoms with Gasteiger partial charge >= 0.3 is 5.97 Å². The summed E-state index contributed by atoms with van der Waals surface area (Å²) in [6.45, 7) is 4.08. The molecule has 3 heteroatoms. The number of esters is 1.